The Morgan fingerprint density at radius 3 is 2.61 bits per heavy atom. The Kier molecular flexibility index (Phi) is 4.44. The Morgan fingerprint density at radius 2 is 1.94 bits per heavy atom. The minimum atomic E-state index is 0.144. The predicted molar refractivity (Wildman–Crippen MR) is 70.1 cm³/mol. The maximum Gasteiger partial charge on any atom is 0.161 e. The maximum absolute atomic E-state index is 9.15. The second kappa shape index (κ2) is 6.07. The van der Waals surface area contributed by atoms with Crippen LogP contribution >= 0.6 is 0 Å². The second-order valence-electron chi connectivity index (χ2n) is 4.79. The molecule has 0 radical (unpaired) electrons. The molecule has 0 unspecified atom stereocenters. The van der Waals surface area contributed by atoms with Gasteiger partial charge in [-0.3, -0.25) is 0 Å². The number of ether oxygens (including phenoxy) is 2. The molecule has 2 N–H and O–H groups in total. The average molecular weight is 251 g/mol. The zero-order chi connectivity index (χ0) is 13.0. The molecule has 0 aliphatic carbocycles. The molecule has 0 saturated heterocycles. The van der Waals surface area contributed by atoms with Gasteiger partial charge in [-0.05, 0) is 24.1 Å². The third kappa shape index (κ3) is 3.15. The molecule has 2 rings (SSSR count). The van der Waals surface area contributed by atoms with Gasteiger partial charge in [0.1, 0.15) is 13.2 Å². The maximum atomic E-state index is 9.15. The van der Waals surface area contributed by atoms with E-state index < -0.39 is 0 Å². The van der Waals surface area contributed by atoms with Crippen LogP contribution in [0.25, 0.3) is 0 Å². The lowest BCUT2D eigenvalue weighted by Gasteiger charge is -2.24. The van der Waals surface area contributed by atoms with Crippen LogP contribution in [0, 0.1) is 0 Å². The Labute approximate surface area is 108 Å². The summed E-state index contributed by atoms with van der Waals surface area (Å²) in [5.41, 5.74) is 1.13. The smallest absolute Gasteiger partial charge is 0.161 e. The Balaban J connectivity index is 2.18. The number of nitrogens with one attached hydrogen (secondary N) is 1. The monoisotopic (exact) mass is 251 g/mol. The van der Waals surface area contributed by atoms with Crippen molar-refractivity contribution in [3.8, 4) is 11.5 Å². The summed E-state index contributed by atoms with van der Waals surface area (Å²) in [6.45, 7) is 5.57. The summed E-state index contributed by atoms with van der Waals surface area (Å²) in [6, 6.07) is 6.49. The van der Waals surface area contributed by atoms with Crippen LogP contribution in [0.5, 0.6) is 11.5 Å². The van der Waals surface area contributed by atoms with Crippen molar-refractivity contribution < 1.29 is 14.6 Å². The van der Waals surface area contributed by atoms with Gasteiger partial charge in [0.15, 0.2) is 11.5 Å². The highest BCUT2D eigenvalue weighted by Crippen LogP contribution is 2.33. The van der Waals surface area contributed by atoms with E-state index in [1.165, 1.54) is 0 Å². The van der Waals surface area contributed by atoms with E-state index in [9.17, 15) is 0 Å². The molecular weight excluding hydrogens is 230 g/mol. The fourth-order valence-corrected chi connectivity index (χ4v) is 2.15. The Morgan fingerprint density at radius 1 is 1.22 bits per heavy atom. The number of fused-ring (bicyclic) bond motifs is 1. The molecule has 1 heterocycles. The third-order valence-electron chi connectivity index (χ3n) is 2.92. The largest absolute Gasteiger partial charge is 0.486 e. The van der Waals surface area contributed by atoms with Crippen molar-refractivity contribution in [2.45, 2.75) is 32.4 Å². The van der Waals surface area contributed by atoms with E-state index in [2.05, 4.69) is 19.2 Å². The van der Waals surface area contributed by atoms with Gasteiger partial charge in [-0.2, -0.15) is 0 Å². The molecule has 4 nitrogen and oxygen atoms in total. The minimum absolute atomic E-state index is 0.144. The van der Waals surface area contributed by atoms with Crippen LogP contribution in [-0.4, -0.2) is 31.0 Å². The van der Waals surface area contributed by atoms with Crippen LogP contribution in [0.3, 0.4) is 0 Å². The van der Waals surface area contributed by atoms with Crippen molar-refractivity contribution in [1.29, 1.82) is 0 Å². The van der Waals surface area contributed by atoms with Gasteiger partial charge in [0.05, 0.1) is 0 Å². The van der Waals surface area contributed by atoms with Crippen LogP contribution in [0.2, 0.25) is 0 Å². The molecule has 100 valence electrons. The lowest BCUT2D eigenvalue weighted by atomic mass is 10.0. The lowest BCUT2D eigenvalue weighted by molar-refractivity contribution is 0.171. The van der Waals surface area contributed by atoms with Crippen molar-refractivity contribution in [1.82, 2.24) is 5.32 Å². The molecule has 0 spiro atoms. The van der Waals surface area contributed by atoms with Crippen molar-refractivity contribution >= 4 is 0 Å². The summed E-state index contributed by atoms with van der Waals surface area (Å²) in [7, 11) is 0. The average Bonchev–Trinajstić information content (AvgIpc) is 2.37. The molecule has 0 bridgehead atoms. The van der Waals surface area contributed by atoms with Gasteiger partial charge in [-0.25, -0.2) is 0 Å². The molecule has 0 saturated carbocycles. The first kappa shape index (κ1) is 13.2. The van der Waals surface area contributed by atoms with E-state index in [4.69, 9.17) is 14.6 Å². The number of aliphatic hydroxyl groups is 1. The molecule has 0 fully saturated rings. The van der Waals surface area contributed by atoms with E-state index >= 15 is 0 Å². The second-order valence-corrected chi connectivity index (χ2v) is 4.79. The van der Waals surface area contributed by atoms with Crippen molar-refractivity contribution in [3.63, 3.8) is 0 Å². The molecule has 0 aromatic heterocycles. The van der Waals surface area contributed by atoms with Crippen LogP contribution in [-0.2, 0) is 0 Å². The first-order valence-electron chi connectivity index (χ1n) is 6.47. The predicted octanol–water partition coefficient (Wildman–Crippen LogP) is 1.88. The van der Waals surface area contributed by atoms with Crippen LogP contribution in [0.1, 0.15) is 31.9 Å². The summed E-state index contributed by atoms with van der Waals surface area (Å²) in [6.07, 6.45) is 0.692. The number of aliphatic hydroxyl groups excluding tert-OH is 1. The van der Waals surface area contributed by atoms with Crippen molar-refractivity contribution in [2.75, 3.05) is 19.8 Å². The molecule has 0 amide bonds. The van der Waals surface area contributed by atoms with E-state index in [1.807, 2.05) is 18.2 Å². The fourth-order valence-electron chi connectivity index (χ4n) is 2.15. The Hall–Kier alpha value is -1.26. The number of hydrogen-bond acceptors (Lipinski definition) is 4. The van der Waals surface area contributed by atoms with E-state index in [0.29, 0.717) is 25.7 Å². The van der Waals surface area contributed by atoms with Crippen molar-refractivity contribution in [2.24, 2.45) is 0 Å². The quantitative estimate of drug-likeness (QED) is 0.839. The summed E-state index contributed by atoms with van der Waals surface area (Å²) < 4.78 is 11.1. The first-order chi connectivity index (χ1) is 8.70. The molecule has 1 aromatic carbocycles. The summed E-state index contributed by atoms with van der Waals surface area (Å²) >= 11 is 0. The minimum Gasteiger partial charge on any atom is -0.486 e. The van der Waals surface area contributed by atoms with E-state index in [1.54, 1.807) is 0 Å². The van der Waals surface area contributed by atoms with Crippen LogP contribution in [0.15, 0.2) is 18.2 Å². The van der Waals surface area contributed by atoms with Gasteiger partial charge in [-0.15, -0.1) is 0 Å². The topological polar surface area (TPSA) is 50.7 Å². The zero-order valence-electron chi connectivity index (χ0n) is 11.0. The van der Waals surface area contributed by atoms with Gasteiger partial charge in [0.25, 0.3) is 0 Å². The van der Waals surface area contributed by atoms with E-state index in [0.717, 1.165) is 17.1 Å². The molecule has 1 atom stereocenters. The molecular formula is C14H21NO3. The fraction of sp³-hybridized carbons (Fsp3) is 0.571. The third-order valence-corrected chi connectivity index (χ3v) is 2.92. The summed E-state index contributed by atoms with van der Waals surface area (Å²) in [5, 5.41) is 12.6. The highest BCUT2D eigenvalue weighted by atomic mass is 16.6. The Bertz CT molecular complexity index is 393. The van der Waals surface area contributed by atoms with Crippen LogP contribution < -0.4 is 14.8 Å². The SMILES string of the molecule is CC(C)N[C@H](CCO)c1ccc2c(c1)OCCO2. The van der Waals surface area contributed by atoms with Gasteiger partial charge in [0.2, 0.25) is 0 Å². The van der Waals surface area contributed by atoms with E-state index in [-0.39, 0.29) is 12.6 Å². The molecule has 1 aliphatic rings. The van der Waals surface area contributed by atoms with Crippen molar-refractivity contribution in [3.05, 3.63) is 23.8 Å². The molecule has 1 aliphatic heterocycles. The lowest BCUT2D eigenvalue weighted by Crippen LogP contribution is -2.29. The normalized spacial score (nSPS) is 15.8. The standard InChI is InChI=1S/C14H21NO3/c1-10(2)15-12(5-6-16)11-3-4-13-14(9-11)18-8-7-17-13/h3-4,9-10,12,15-16H,5-8H2,1-2H3/t12-/m1/s1. The van der Waals surface area contributed by atoms with Crippen LogP contribution in [0.4, 0.5) is 0 Å². The summed E-state index contributed by atoms with van der Waals surface area (Å²) in [4.78, 5) is 0. The highest BCUT2D eigenvalue weighted by molar-refractivity contribution is 5.44. The number of benzene rings is 1. The molecule has 18 heavy (non-hydrogen) atoms. The van der Waals surface area contributed by atoms with Gasteiger partial charge < -0.3 is 19.9 Å². The number of hydrogen-bond donors (Lipinski definition) is 2. The number of rotatable bonds is 5. The zero-order valence-corrected chi connectivity index (χ0v) is 11.0. The highest BCUT2D eigenvalue weighted by Gasteiger charge is 2.17. The molecule has 4 heteroatoms. The van der Waals surface area contributed by atoms with Gasteiger partial charge in [-0.1, -0.05) is 19.9 Å². The van der Waals surface area contributed by atoms with Gasteiger partial charge in [0, 0.05) is 18.7 Å². The molecule has 1 aromatic rings. The van der Waals surface area contributed by atoms with Gasteiger partial charge >= 0.3 is 0 Å². The summed E-state index contributed by atoms with van der Waals surface area (Å²) in [5.74, 6) is 1.60. The first-order valence-corrected chi connectivity index (χ1v) is 6.47.